The van der Waals surface area contributed by atoms with Gasteiger partial charge < -0.3 is 28.4 Å². The zero-order chi connectivity index (χ0) is 28.7. The minimum atomic E-state index is -0.918. The van der Waals surface area contributed by atoms with Gasteiger partial charge in [0.25, 0.3) is 0 Å². The summed E-state index contributed by atoms with van der Waals surface area (Å²) in [6.07, 6.45) is 8.45. The third kappa shape index (κ3) is 4.97. The summed E-state index contributed by atoms with van der Waals surface area (Å²) < 4.78 is 41.3. The fourth-order valence-corrected chi connectivity index (χ4v) is 8.14. The van der Waals surface area contributed by atoms with Gasteiger partial charge in [0, 0.05) is 25.7 Å². The third-order valence-corrected chi connectivity index (χ3v) is 10.2. The molecule has 0 aromatic heterocycles. The molecule has 5 fully saturated rings. The molecule has 3 saturated heterocycles. The zero-order valence-corrected chi connectivity index (χ0v) is 24.8. The van der Waals surface area contributed by atoms with E-state index in [0.717, 1.165) is 68.1 Å². The predicted molar refractivity (Wildman–Crippen MR) is 161 cm³/mol. The molecule has 6 nitrogen and oxygen atoms in total. The maximum absolute atomic E-state index is 7.64. The van der Waals surface area contributed by atoms with Crippen LogP contribution in [0.4, 0.5) is 0 Å². The summed E-state index contributed by atoms with van der Waals surface area (Å²) in [5.74, 6) is -1.12. The van der Waals surface area contributed by atoms with Gasteiger partial charge in [-0.15, -0.1) is 0 Å². The average Bonchev–Trinajstić information content (AvgIpc) is 3.73. The van der Waals surface area contributed by atoms with Crippen LogP contribution >= 0.6 is 0 Å². The molecule has 8 rings (SSSR count). The molecule has 3 heterocycles. The lowest BCUT2D eigenvalue weighted by Crippen LogP contribution is -2.50. The number of hydrogen-bond acceptors (Lipinski definition) is 6. The van der Waals surface area contributed by atoms with Crippen LogP contribution in [0.3, 0.4) is 0 Å². The van der Waals surface area contributed by atoms with Crippen LogP contribution in [-0.2, 0) is 34.0 Å². The van der Waals surface area contributed by atoms with E-state index in [2.05, 4.69) is 91.0 Å². The van der Waals surface area contributed by atoms with Crippen molar-refractivity contribution in [2.45, 2.75) is 112 Å². The van der Waals surface area contributed by atoms with E-state index in [9.17, 15) is 0 Å². The lowest BCUT2D eigenvalue weighted by Gasteiger charge is -2.41. The molecular weight excluding hydrogens is 540 g/mol. The molecule has 0 amide bonds. The van der Waals surface area contributed by atoms with Gasteiger partial charge in [0.1, 0.15) is 30.0 Å². The smallest absolute Gasteiger partial charge is 0.190 e. The Bertz CT molecular complexity index is 1250. The first-order valence-electron chi connectivity index (χ1n) is 16.4. The highest BCUT2D eigenvalue weighted by atomic mass is 16.9. The van der Waals surface area contributed by atoms with Gasteiger partial charge in [-0.25, -0.2) is 0 Å². The predicted octanol–water partition coefficient (Wildman–Crippen LogP) is 7.24. The van der Waals surface area contributed by atoms with E-state index in [-0.39, 0.29) is 12.2 Å². The Kier molecular flexibility index (Phi) is 7.41. The summed E-state index contributed by atoms with van der Waals surface area (Å²) in [5, 5.41) is 0. The standard InChI is InChI=1S/C37H42O6/c1-6-16-27(17-7-1)37(28-18-8-2-9-19-28,29-20-10-3-11-21-29)42-32-31(30-26-38-35(40-30)22-12-4-13-23-35)39-34-33(32)41-36(43-34)24-14-5-15-25-36/h1-3,6-11,16-21,30-34H,4-5,12-15,22-26H2/t30-,31+,32-,33+,34-/m0/s1. The average molecular weight is 583 g/mol. The van der Waals surface area contributed by atoms with E-state index < -0.39 is 35.7 Å². The lowest BCUT2D eigenvalue weighted by molar-refractivity contribution is -0.267. The van der Waals surface area contributed by atoms with Gasteiger partial charge in [0.15, 0.2) is 17.9 Å². The van der Waals surface area contributed by atoms with Crippen molar-refractivity contribution in [3.8, 4) is 0 Å². The molecule has 3 aromatic rings. The summed E-state index contributed by atoms with van der Waals surface area (Å²) in [5.41, 5.74) is 2.23. The van der Waals surface area contributed by atoms with Crippen molar-refractivity contribution < 1.29 is 28.4 Å². The Hall–Kier alpha value is -2.58. The summed E-state index contributed by atoms with van der Waals surface area (Å²) in [4.78, 5) is 0. The zero-order valence-electron chi connectivity index (χ0n) is 24.8. The number of ether oxygens (including phenoxy) is 6. The highest BCUT2D eigenvalue weighted by Gasteiger charge is 2.63. The maximum atomic E-state index is 7.64. The molecule has 5 atom stereocenters. The number of benzene rings is 3. The first-order chi connectivity index (χ1) is 21.2. The topological polar surface area (TPSA) is 55.4 Å². The third-order valence-electron chi connectivity index (χ3n) is 10.2. The van der Waals surface area contributed by atoms with E-state index in [1.165, 1.54) is 12.8 Å². The van der Waals surface area contributed by atoms with Gasteiger partial charge in [0.2, 0.25) is 0 Å². The largest absolute Gasteiger partial charge is 0.352 e. The van der Waals surface area contributed by atoms with Crippen molar-refractivity contribution in [3.63, 3.8) is 0 Å². The van der Waals surface area contributed by atoms with Crippen LogP contribution < -0.4 is 0 Å². The fraction of sp³-hybridized carbons (Fsp3) is 0.514. The highest BCUT2D eigenvalue weighted by molar-refractivity contribution is 5.47. The molecule has 0 unspecified atom stereocenters. The van der Waals surface area contributed by atoms with E-state index in [4.69, 9.17) is 28.4 Å². The van der Waals surface area contributed by atoms with Crippen molar-refractivity contribution in [1.29, 1.82) is 0 Å². The highest BCUT2D eigenvalue weighted by Crippen LogP contribution is 2.51. The van der Waals surface area contributed by atoms with Crippen molar-refractivity contribution >= 4 is 0 Å². The van der Waals surface area contributed by atoms with E-state index in [1.54, 1.807) is 0 Å². The van der Waals surface area contributed by atoms with E-state index >= 15 is 0 Å². The Morgan fingerprint density at radius 3 is 1.60 bits per heavy atom. The molecule has 2 spiro atoms. The summed E-state index contributed by atoms with van der Waals surface area (Å²) in [7, 11) is 0. The van der Waals surface area contributed by atoms with Gasteiger partial charge in [0.05, 0.1) is 6.61 Å². The minimum absolute atomic E-state index is 0.275. The van der Waals surface area contributed by atoms with Crippen LogP contribution in [0, 0.1) is 0 Å². The second kappa shape index (κ2) is 11.4. The Morgan fingerprint density at radius 1 is 0.558 bits per heavy atom. The molecule has 2 saturated carbocycles. The summed E-state index contributed by atoms with van der Waals surface area (Å²) in [6, 6.07) is 31.6. The fourth-order valence-electron chi connectivity index (χ4n) is 8.14. The first kappa shape index (κ1) is 27.9. The number of fused-ring (bicyclic) bond motifs is 1. The normalized spacial score (nSPS) is 31.4. The second-order valence-corrected chi connectivity index (χ2v) is 12.9. The molecule has 43 heavy (non-hydrogen) atoms. The van der Waals surface area contributed by atoms with Crippen LogP contribution in [0.2, 0.25) is 0 Å². The van der Waals surface area contributed by atoms with Gasteiger partial charge in [-0.2, -0.15) is 0 Å². The molecule has 2 aliphatic carbocycles. The summed E-state index contributed by atoms with van der Waals surface area (Å²) in [6.45, 7) is 0.476. The SMILES string of the molecule is c1ccc(C(O[C@@H]2[C@H]3OC4(CCCCC4)O[C@@H]3O[C@@H]2[C@@H]2COC3(CCCCC3)O2)(c2ccccc2)c2ccccc2)cc1. The van der Waals surface area contributed by atoms with Gasteiger partial charge in [-0.3, -0.25) is 0 Å². The number of rotatable bonds is 6. The van der Waals surface area contributed by atoms with Gasteiger partial charge in [-0.1, -0.05) is 104 Å². The van der Waals surface area contributed by atoms with E-state index in [1.807, 2.05) is 0 Å². The van der Waals surface area contributed by atoms with Crippen molar-refractivity contribution in [1.82, 2.24) is 0 Å². The van der Waals surface area contributed by atoms with E-state index in [0.29, 0.717) is 6.61 Å². The van der Waals surface area contributed by atoms with Gasteiger partial charge in [-0.05, 0) is 42.4 Å². The van der Waals surface area contributed by atoms with Crippen LogP contribution in [0.1, 0.15) is 80.9 Å². The summed E-state index contributed by atoms with van der Waals surface area (Å²) >= 11 is 0. The lowest BCUT2D eigenvalue weighted by atomic mass is 9.79. The molecule has 5 aliphatic rings. The minimum Gasteiger partial charge on any atom is -0.352 e. The Balaban J connectivity index is 1.22. The molecule has 6 heteroatoms. The van der Waals surface area contributed by atoms with Crippen molar-refractivity contribution in [2.24, 2.45) is 0 Å². The number of hydrogen-bond donors (Lipinski definition) is 0. The molecule has 0 radical (unpaired) electrons. The van der Waals surface area contributed by atoms with Crippen LogP contribution in [0.15, 0.2) is 91.0 Å². The van der Waals surface area contributed by atoms with Crippen LogP contribution in [0.5, 0.6) is 0 Å². The first-order valence-corrected chi connectivity index (χ1v) is 16.4. The van der Waals surface area contributed by atoms with Crippen LogP contribution in [-0.4, -0.2) is 48.9 Å². The van der Waals surface area contributed by atoms with Crippen molar-refractivity contribution in [2.75, 3.05) is 6.61 Å². The Labute approximate surface area is 254 Å². The monoisotopic (exact) mass is 582 g/mol. The van der Waals surface area contributed by atoms with Gasteiger partial charge >= 0.3 is 0 Å². The molecular formula is C37H42O6. The molecule has 0 bridgehead atoms. The molecule has 0 N–H and O–H groups in total. The second-order valence-electron chi connectivity index (χ2n) is 12.9. The molecule has 3 aliphatic heterocycles. The Morgan fingerprint density at radius 2 is 1.07 bits per heavy atom. The van der Waals surface area contributed by atoms with Crippen molar-refractivity contribution in [3.05, 3.63) is 108 Å². The van der Waals surface area contributed by atoms with Crippen LogP contribution in [0.25, 0.3) is 0 Å². The molecule has 3 aromatic carbocycles. The quantitative estimate of drug-likeness (QED) is 0.286. The maximum Gasteiger partial charge on any atom is 0.190 e. The molecule has 226 valence electrons.